The standard InChI is InChI=1S/2C5H10O5/c6-2-1-10-5(9)4(8)3(2)7;6-1-3(8)5(10)4(9)2-7/h2-9H,1H2;3,5-8,10H,1-2H2/t2-,3+,4-,5?;/m1./s1. The third-order valence-electron chi connectivity index (χ3n) is 2.51. The average Bonchev–Trinajstić information content (AvgIpc) is 2.47. The third kappa shape index (κ3) is 5.75. The molecule has 1 heterocycles. The molecule has 3 unspecified atom stereocenters. The van der Waals surface area contributed by atoms with E-state index in [-0.39, 0.29) is 6.61 Å². The summed E-state index contributed by atoms with van der Waals surface area (Å²) in [6, 6.07) is 0. The highest BCUT2D eigenvalue weighted by molar-refractivity contribution is 5.84. The Morgan fingerprint density at radius 1 is 1.10 bits per heavy atom. The van der Waals surface area contributed by atoms with Gasteiger partial charge in [-0.15, -0.1) is 0 Å². The number of hydrogen-bond donors (Lipinski definition) is 8. The Bertz CT molecular complexity index is 271. The topological polar surface area (TPSA) is 188 Å². The predicted molar refractivity (Wildman–Crippen MR) is 61.2 cm³/mol. The minimum Gasteiger partial charge on any atom is -0.394 e. The Morgan fingerprint density at radius 3 is 2.05 bits per heavy atom. The second kappa shape index (κ2) is 9.28. The van der Waals surface area contributed by atoms with Crippen molar-refractivity contribution in [3.8, 4) is 0 Å². The van der Waals surface area contributed by atoms with E-state index in [0.29, 0.717) is 0 Å². The molecule has 0 aromatic heterocycles. The van der Waals surface area contributed by atoms with E-state index in [9.17, 15) is 4.79 Å². The number of carbonyl (C=O) groups is 1. The largest absolute Gasteiger partial charge is 0.394 e. The summed E-state index contributed by atoms with van der Waals surface area (Å²) in [5.41, 5.74) is 0. The van der Waals surface area contributed by atoms with Gasteiger partial charge in [-0.05, 0) is 0 Å². The van der Waals surface area contributed by atoms with Gasteiger partial charge >= 0.3 is 0 Å². The van der Waals surface area contributed by atoms with Crippen LogP contribution in [0.15, 0.2) is 0 Å². The van der Waals surface area contributed by atoms with Crippen LogP contribution in [0.1, 0.15) is 0 Å². The van der Waals surface area contributed by atoms with E-state index in [1.54, 1.807) is 0 Å². The lowest BCUT2D eigenvalue weighted by Gasteiger charge is -2.31. The number of carbonyl (C=O) groups excluding carboxylic acids is 1. The van der Waals surface area contributed by atoms with Crippen molar-refractivity contribution in [1.82, 2.24) is 0 Å². The molecule has 0 saturated carbocycles. The number of aliphatic hydroxyl groups excluding tert-OH is 8. The number of ether oxygens (including phenoxy) is 1. The molecular weight excluding hydrogens is 280 g/mol. The van der Waals surface area contributed by atoms with Gasteiger partial charge in [-0.1, -0.05) is 0 Å². The minimum atomic E-state index is -1.69. The van der Waals surface area contributed by atoms with E-state index < -0.39 is 55.8 Å². The fourth-order valence-corrected chi connectivity index (χ4v) is 1.20. The summed E-state index contributed by atoms with van der Waals surface area (Å²) in [7, 11) is 0. The zero-order chi connectivity index (χ0) is 15.9. The summed E-state index contributed by atoms with van der Waals surface area (Å²) in [6.45, 7) is -1.69. The molecule has 0 radical (unpaired) electrons. The van der Waals surface area contributed by atoms with Crippen LogP contribution in [0.4, 0.5) is 0 Å². The minimum absolute atomic E-state index is 0.153. The van der Waals surface area contributed by atoms with E-state index in [0.717, 1.165) is 0 Å². The third-order valence-corrected chi connectivity index (χ3v) is 2.51. The Labute approximate surface area is 114 Å². The van der Waals surface area contributed by atoms with Crippen LogP contribution in [-0.4, -0.2) is 103 Å². The summed E-state index contributed by atoms with van der Waals surface area (Å²) in [6.07, 6.45) is -8.42. The molecule has 6 atom stereocenters. The maximum atomic E-state index is 10.3. The number of rotatable bonds is 4. The van der Waals surface area contributed by atoms with Crippen LogP contribution in [0.25, 0.3) is 0 Å². The second-order valence-corrected chi connectivity index (χ2v) is 4.09. The van der Waals surface area contributed by atoms with E-state index >= 15 is 0 Å². The van der Waals surface area contributed by atoms with Crippen LogP contribution >= 0.6 is 0 Å². The van der Waals surface area contributed by atoms with Crippen molar-refractivity contribution >= 4 is 5.78 Å². The predicted octanol–water partition coefficient (Wildman–Crippen LogP) is -5.32. The molecule has 1 aliphatic heterocycles. The van der Waals surface area contributed by atoms with Gasteiger partial charge in [0.2, 0.25) is 0 Å². The SMILES string of the molecule is O=C(CO)C(O)C(O)CO.OC1OC[C@@H](O)[C@H](O)[C@H]1O. The maximum Gasteiger partial charge on any atom is 0.189 e. The average molecular weight is 300 g/mol. The Kier molecular flexibility index (Phi) is 8.96. The van der Waals surface area contributed by atoms with Gasteiger partial charge in [0.1, 0.15) is 37.1 Å². The second-order valence-electron chi connectivity index (χ2n) is 4.09. The van der Waals surface area contributed by atoms with Crippen LogP contribution in [0, 0.1) is 0 Å². The van der Waals surface area contributed by atoms with E-state index in [1.807, 2.05) is 0 Å². The molecule has 0 aromatic carbocycles. The van der Waals surface area contributed by atoms with Crippen molar-refractivity contribution in [3.05, 3.63) is 0 Å². The summed E-state index contributed by atoms with van der Waals surface area (Å²) < 4.78 is 4.47. The Balaban J connectivity index is 0.000000361. The van der Waals surface area contributed by atoms with E-state index in [4.69, 9.17) is 40.9 Å². The van der Waals surface area contributed by atoms with E-state index in [1.165, 1.54) is 0 Å². The Morgan fingerprint density at radius 2 is 1.65 bits per heavy atom. The molecule has 1 fully saturated rings. The number of Topliss-reactive ketones (excluding diaryl/α,β-unsaturated/α-hetero) is 1. The van der Waals surface area contributed by atoms with Gasteiger partial charge in [0.25, 0.3) is 0 Å². The summed E-state index contributed by atoms with van der Waals surface area (Å²) in [5.74, 6) is -0.901. The number of ketones is 1. The molecule has 20 heavy (non-hydrogen) atoms. The van der Waals surface area contributed by atoms with Gasteiger partial charge in [0.05, 0.1) is 13.2 Å². The molecule has 0 spiro atoms. The number of hydrogen-bond acceptors (Lipinski definition) is 10. The van der Waals surface area contributed by atoms with Crippen LogP contribution in [-0.2, 0) is 9.53 Å². The van der Waals surface area contributed by atoms with Crippen LogP contribution in [0.3, 0.4) is 0 Å². The molecular formula is C10H20O10. The molecule has 1 rings (SSSR count). The van der Waals surface area contributed by atoms with Gasteiger partial charge < -0.3 is 45.6 Å². The summed E-state index contributed by atoms with van der Waals surface area (Å²) in [4.78, 5) is 10.3. The van der Waals surface area contributed by atoms with Crippen molar-refractivity contribution in [2.45, 2.75) is 36.8 Å². The molecule has 0 aromatic rings. The molecule has 0 bridgehead atoms. The first kappa shape index (κ1) is 19.3. The van der Waals surface area contributed by atoms with Crippen molar-refractivity contribution in [2.24, 2.45) is 0 Å². The zero-order valence-electron chi connectivity index (χ0n) is 10.5. The normalized spacial score (nSPS) is 32.8. The molecule has 1 saturated heterocycles. The monoisotopic (exact) mass is 300 g/mol. The highest BCUT2D eigenvalue weighted by Crippen LogP contribution is 2.12. The fourth-order valence-electron chi connectivity index (χ4n) is 1.20. The fraction of sp³-hybridized carbons (Fsp3) is 0.900. The first-order valence-corrected chi connectivity index (χ1v) is 5.70. The highest BCUT2D eigenvalue weighted by atomic mass is 16.6. The van der Waals surface area contributed by atoms with Crippen LogP contribution in [0.5, 0.6) is 0 Å². The van der Waals surface area contributed by atoms with Gasteiger partial charge in [0, 0.05) is 0 Å². The van der Waals surface area contributed by atoms with Gasteiger partial charge in [-0.3, -0.25) is 4.79 Å². The smallest absolute Gasteiger partial charge is 0.189 e. The summed E-state index contributed by atoms with van der Waals surface area (Å²) >= 11 is 0. The molecule has 10 nitrogen and oxygen atoms in total. The van der Waals surface area contributed by atoms with Gasteiger partial charge in [-0.2, -0.15) is 0 Å². The van der Waals surface area contributed by atoms with Crippen LogP contribution in [0.2, 0.25) is 0 Å². The molecule has 0 aliphatic carbocycles. The Hall–Kier alpha value is -0.690. The molecule has 10 heteroatoms. The first-order valence-electron chi connectivity index (χ1n) is 5.70. The van der Waals surface area contributed by atoms with Crippen molar-refractivity contribution in [3.63, 3.8) is 0 Å². The zero-order valence-corrected chi connectivity index (χ0v) is 10.5. The lowest BCUT2D eigenvalue weighted by atomic mass is 10.1. The quantitative estimate of drug-likeness (QED) is 0.249. The lowest BCUT2D eigenvalue weighted by Crippen LogP contribution is -2.52. The van der Waals surface area contributed by atoms with Crippen LogP contribution < -0.4 is 0 Å². The molecule has 120 valence electrons. The van der Waals surface area contributed by atoms with Gasteiger partial charge in [-0.25, -0.2) is 0 Å². The van der Waals surface area contributed by atoms with Crippen molar-refractivity contribution in [2.75, 3.05) is 19.8 Å². The first-order chi connectivity index (χ1) is 9.26. The van der Waals surface area contributed by atoms with Crippen molar-refractivity contribution in [1.29, 1.82) is 0 Å². The number of aliphatic hydroxyl groups is 8. The molecule has 1 aliphatic rings. The van der Waals surface area contributed by atoms with E-state index in [2.05, 4.69) is 4.74 Å². The van der Waals surface area contributed by atoms with Gasteiger partial charge in [0.15, 0.2) is 12.1 Å². The molecule has 0 amide bonds. The highest BCUT2D eigenvalue weighted by Gasteiger charge is 2.36. The maximum absolute atomic E-state index is 10.3. The lowest BCUT2D eigenvalue weighted by molar-refractivity contribution is -0.252. The molecule has 8 N–H and O–H groups in total. The summed E-state index contributed by atoms with van der Waals surface area (Å²) in [5, 5.41) is 68.9. The van der Waals surface area contributed by atoms with Crippen molar-refractivity contribution < 1.29 is 50.4 Å².